The summed E-state index contributed by atoms with van der Waals surface area (Å²) in [4.78, 5) is 14.7. The number of alkyl halides is 1. The summed E-state index contributed by atoms with van der Waals surface area (Å²) < 4.78 is 1.74. The molecule has 0 N–H and O–H groups in total. The van der Waals surface area contributed by atoms with E-state index < -0.39 is 0 Å². The highest BCUT2D eigenvalue weighted by molar-refractivity contribution is 9.09. The zero-order chi connectivity index (χ0) is 12.6. The van der Waals surface area contributed by atoms with E-state index in [0.29, 0.717) is 10.7 Å². The molecular formula is C12H18BrN3O. The number of piperidine rings is 1. The van der Waals surface area contributed by atoms with Gasteiger partial charge in [0, 0.05) is 30.7 Å². The van der Waals surface area contributed by atoms with Crippen LogP contribution >= 0.6 is 15.9 Å². The van der Waals surface area contributed by atoms with Crippen molar-refractivity contribution in [3.05, 3.63) is 17.5 Å². The van der Waals surface area contributed by atoms with Crippen molar-refractivity contribution >= 4 is 21.8 Å². The predicted octanol–water partition coefficient (Wildman–Crippen LogP) is 1.97. The second-order valence-electron chi connectivity index (χ2n) is 4.80. The summed E-state index contributed by atoms with van der Waals surface area (Å²) in [5, 5.41) is 4.12. The number of carbonyl (C=O) groups excluding carboxylic acids is 1. The van der Waals surface area contributed by atoms with Crippen LogP contribution in [0.5, 0.6) is 0 Å². The summed E-state index contributed by atoms with van der Waals surface area (Å²) in [6.45, 7) is 5.78. The van der Waals surface area contributed by atoms with Crippen LogP contribution in [-0.2, 0) is 7.05 Å². The Hall–Kier alpha value is -0.840. The van der Waals surface area contributed by atoms with Crippen LogP contribution in [0.4, 0.5) is 0 Å². The maximum Gasteiger partial charge on any atom is 0.257 e. The first-order chi connectivity index (χ1) is 8.00. The molecule has 0 radical (unpaired) electrons. The van der Waals surface area contributed by atoms with Crippen LogP contribution in [0.15, 0.2) is 6.20 Å². The molecule has 1 aliphatic heterocycles. The minimum atomic E-state index is 0.104. The van der Waals surface area contributed by atoms with Crippen LogP contribution < -0.4 is 0 Å². The molecule has 0 spiro atoms. The summed E-state index contributed by atoms with van der Waals surface area (Å²) in [6.07, 6.45) is 2.72. The van der Waals surface area contributed by atoms with Crippen molar-refractivity contribution in [2.75, 3.05) is 13.1 Å². The molecule has 1 aromatic heterocycles. The van der Waals surface area contributed by atoms with Crippen molar-refractivity contribution in [2.45, 2.75) is 25.1 Å². The second kappa shape index (κ2) is 4.80. The Labute approximate surface area is 110 Å². The van der Waals surface area contributed by atoms with E-state index in [0.717, 1.165) is 30.8 Å². The molecule has 0 aromatic carbocycles. The predicted molar refractivity (Wildman–Crippen MR) is 70.3 cm³/mol. The van der Waals surface area contributed by atoms with Crippen molar-refractivity contribution in [2.24, 2.45) is 13.0 Å². The molecule has 0 bridgehead atoms. The number of hydrogen-bond donors (Lipinski definition) is 0. The average molecular weight is 300 g/mol. The van der Waals surface area contributed by atoms with Crippen molar-refractivity contribution in [3.8, 4) is 0 Å². The molecule has 94 valence electrons. The Balaban J connectivity index is 2.13. The van der Waals surface area contributed by atoms with Gasteiger partial charge in [-0.1, -0.05) is 22.9 Å². The number of likely N-dealkylation sites (tertiary alicyclic amines) is 1. The van der Waals surface area contributed by atoms with Crippen LogP contribution in [-0.4, -0.2) is 38.5 Å². The van der Waals surface area contributed by atoms with Gasteiger partial charge in [0.25, 0.3) is 5.91 Å². The van der Waals surface area contributed by atoms with Crippen molar-refractivity contribution in [3.63, 3.8) is 0 Å². The third-order valence-electron chi connectivity index (χ3n) is 3.62. The molecule has 2 unspecified atom stereocenters. The Kier molecular flexibility index (Phi) is 3.56. The number of carbonyl (C=O) groups is 1. The van der Waals surface area contributed by atoms with Crippen LogP contribution in [0.3, 0.4) is 0 Å². The summed E-state index contributed by atoms with van der Waals surface area (Å²) in [5.41, 5.74) is 1.65. The van der Waals surface area contributed by atoms with Gasteiger partial charge in [-0.2, -0.15) is 5.10 Å². The summed E-state index contributed by atoms with van der Waals surface area (Å²) in [7, 11) is 1.86. The SMILES string of the molecule is Cc1c(C(=O)N2CCC(C)C(Br)C2)cnn1C. The van der Waals surface area contributed by atoms with Crippen molar-refractivity contribution < 1.29 is 4.79 Å². The highest BCUT2D eigenvalue weighted by Gasteiger charge is 2.28. The summed E-state index contributed by atoms with van der Waals surface area (Å²) in [6, 6.07) is 0. The third kappa shape index (κ3) is 2.39. The van der Waals surface area contributed by atoms with Gasteiger partial charge in [-0.15, -0.1) is 0 Å². The molecule has 0 saturated carbocycles. The number of rotatable bonds is 1. The molecule has 17 heavy (non-hydrogen) atoms. The number of aryl methyl sites for hydroxylation is 1. The first kappa shape index (κ1) is 12.6. The van der Waals surface area contributed by atoms with Gasteiger partial charge >= 0.3 is 0 Å². The Morgan fingerprint density at radius 1 is 1.59 bits per heavy atom. The largest absolute Gasteiger partial charge is 0.337 e. The number of halogens is 1. The highest BCUT2D eigenvalue weighted by Crippen LogP contribution is 2.24. The number of hydrogen-bond acceptors (Lipinski definition) is 2. The zero-order valence-corrected chi connectivity index (χ0v) is 12.1. The van der Waals surface area contributed by atoms with Gasteiger partial charge in [-0.25, -0.2) is 0 Å². The molecule has 0 aliphatic carbocycles. The molecule has 4 nitrogen and oxygen atoms in total. The minimum absolute atomic E-state index is 0.104. The molecule has 1 amide bonds. The lowest BCUT2D eigenvalue weighted by atomic mass is 9.98. The molecule has 1 saturated heterocycles. The molecule has 5 heteroatoms. The van der Waals surface area contributed by atoms with E-state index >= 15 is 0 Å². The van der Waals surface area contributed by atoms with Gasteiger partial charge in [-0.05, 0) is 19.3 Å². The number of aromatic nitrogens is 2. The van der Waals surface area contributed by atoms with E-state index in [9.17, 15) is 4.79 Å². The van der Waals surface area contributed by atoms with Crippen molar-refractivity contribution in [1.29, 1.82) is 0 Å². The van der Waals surface area contributed by atoms with Crippen LogP contribution in [0.1, 0.15) is 29.4 Å². The molecule has 1 aromatic rings. The van der Waals surface area contributed by atoms with Crippen LogP contribution in [0, 0.1) is 12.8 Å². The summed E-state index contributed by atoms with van der Waals surface area (Å²) >= 11 is 3.64. The lowest BCUT2D eigenvalue weighted by molar-refractivity contribution is 0.0705. The van der Waals surface area contributed by atoms with Crippen molar-refractivity contribution in [1.82, 2.24) is 14.7 Å². The molecule has 1 fully saturated rings. The topological polar surface area (TPSA) is 38.1 Å². The maximum atomic E-state index is 12.3. The fourth-order valence-corrected chi connectivity index (χ4v) is 2.70. The minimum Gasteiger partial charge on any atom is -0.337 e. The van der Waals surface area contributed by atoms with E-state index in [1.165, 1.54) is 0 Å². The van der Waals surface area contributed by atoms with Gasteiger partial charge in [-0.3, -0.25) is 9.48 Å². The van der Waals surface area contributed by atoms with E-state index in [1.54, 1.807) is 10.9 Å². The first-order valence-corrected chi connectivity index (χ1v) is 6.84. The molecule has 2 heterocycles. The molecule has 2 atom stereocenters. The van der Waals surface area contributed by atoms with E-state index in [1.807, 2.05) is 18.9 Å². The zero-order valence-electron chi connectivity index (χ0n) is 10.5. The fourth-order valence-electron chi connectivity index (χ4n) is 2.09. The van der Waals surface area contributed by atoms with Gasteiger partial charge in [0.1, 0.15) is 0 Å². The monoisotopic (exact) mass is 299 g/mol. The quantitative estimate of drug-likeness (QED) is 0.744. The number of nitrogens with zero attached hydrogens (tertiary/aromatic N) is 3. The summed E-state index contributed by atoms with van der Waals surface area (Å²) in [5.74, 6) is 0.737. The second-order valence-corrected chi connectivity index (χ2v) is 5.98. The first-order valence-electron chi connectivity index (χ1n) is 5.92. The molecule has 2 rings (SSSR count). The molecule has 1 aliphatic rings. The maximum absolute atomic E-state index is 12.3. The van der Waals surface area contributed by atoms with Gasteiger partial charge in [0.15, 0.2) is 0 Å². The van der Waals surface area contributed by atoms with Crippen LogP contribution in [0.2, 0.25) is 0 Å². The number of amides is 1. The van der Waals surface area contributed by atoms with E-state index in [2.05, 4.69) is 28.0 Å². The third-order valence-corrected chi connectivity index (χ3v) is 4.81. The Morgan fingerprint density at radius 3 is 2.82 bits per heavy atom. The van der Waals surface area contributed by atoms with Gasteiger partial charge in [0.2, 0.25) is 0 Å². The van der Waals surface area contributed by atoms with Gasteiger partial charge in [0.05, 0.1) is 11.8 Å². The van der Waals surface area contributed by atoms with E-state index in [-0.39, 0.29) is 5.91 Å². The lowest BCUT2D eigenvalue weighted by Crippen LogP contribution is -2.43. The van der Waals surface area contributed by atoms with E-state index in [4.69, 9.17) is 0 Å². The highest BCUT2D eigenvalue weighted by atomic mass is 79.9. The Morgan fingerprint density at radius 2 is 2.29 bits per heavy atom. The van der Waals surface area contributed by atoms with Gasteiger partial charge < -0.3 is 4.90 Å². The molecular weight excluding hydrogens is 282 g/mol. The normalized spacial score (nSPS) is 25.1. The fraction of sp³-hybridized carbons (Fsp3) is 0.667. The Bertz CT molecular complexity index is 429. The standard InChI is InChI=1S/C12H18BrN3O/c1-8-4-5-16(7-11(8)13)12(17)10-6-14-15(3)9(10)2/h6,8,11H,4-5,7H2,1-3H3. The average Bonchev–Trinajstić information content (AvgIpc) is 2.63. The lowest BCUT2D eigenvalue weighted by Gasteiger charge is -2.34. The smallest absolute Gasteiger partial charge is 0.257 e. The van der Waals surface area contributed by atoms with Crippen LogP contribution in [0.25, 0.3) is 0 Å².